The molecule has 0 aliphatic rings. The second-order valence-electron chi connectivity index (χ2n) is 3.95. The number of rotatable bonds is 3. The summed E-state index contributed by atoms with van der Waals surface area (Å²) in [5, 5.41) is 0. The minimum Gasteiger partial charge on any atom is -0.497 e. The summed E-state index contributed by atoms with van der Waals surface area (Å²) in [6.07, 6.45) is 0. The number of methoxy groups -OCH3 is 1. The Labute approximate surface area is 119 Å². The molecule has 3 nitrogen and oxygen atoms in total. The molecule has 3 rings (SSSR count). The van der Waals surface area contributed by atoms with Crippen LogP contribution in [0.2, 0.25) is 0 Å². The largest absolute Gasteiger partial charge is 0.497 e. The van der Waals surface area contributed by atoms with Crippen LogP contribution in [0.15, 0.2) is 51.7 Å². The van der Waals surface area contributed by atoms with Crippen molar-refractivity contribution in [3.8, 4) is 5.75 Å². The molecule has 0 atom stereocenters. The van der Waals surface area contributed by atoms with Crippen molar-refractivity contribution in [2.45, 2.75) is 9.24 Å². The van der Waals surface area contributed by atoms with Crippen LogP contribution >= 0.6 is 23.1 Å². The molecule has 0 aliphatic heterocycles. The van der Waals surface area contributed by atoms with Crippen molar-refractivity contribution >= 4 is 39.0 Å². The van der Waals surface area contributed by atoms with Gasteiger partial charge in [-0.1, -0.05) is 23.9 Å². The Balaban J connectivity index is 1.92. The fourth-order valence-corrected chi connectivity index (χ4v) is 3.78. The fraction of sp³-hybridized carbons (Fsp3) is 0.0714. The van der Waals surface area contributed by atoms with E-state index in [0.29, 0.717) is 5.69 Å². The van der Waals surface area contributed by atoms with Gasteiger partial charge in [-0.2, -0.15) is 0 Å². The first-order chi connectivity index (χ1) is 9.26. The number of ether oxygens (including phenoxy) is 1. The lowest BCUT2D eigenvalue weighted by Gasteiger charge is -2.05. The zero-order valence-corrected chi connectivity index (χ0v) is 11.9. The predicted molar refractivity (Wildman–Crippen MR) is 81.1 cm³/mol. The molecule has 0 saturated heterocycles. The summed E-state index contributed by atoms with van der Waals surface area (Å²) in [5.74, 6) is 0.770. The van der Waals surface area contributed by atoms with Crippen LogP contribution in [0, 0.1) is 0 Å². The third-order valence-electron chi connectivity index (χ3n) is 2.69. The second-order valence-corrected chi connectivity index (χ2v) is 6.27. The van der Waals surface area contributed by atoms with Crippen LogP contribution in [0.25, 0.3) is 10.2 Å². The molecule has 0 unspecified atom stereocenters. The van der Waals surface area contributed by atoms with Gasteiger partial charge in [0.25, 0.3) is 0 Å². The second kappa shape index (κ2) is 5.11. The van der Waals surface area contributed by atoms with E-state index in [1.54, 1.807) is 30.2 Å². The molecular formula is C14H12N2OS2. The number of benzene rings is 2. The summed E-state index contributed by atoms with van der Waals surface area (Å²) >= 11 is 3.26. The SMILES string of the molecule is COc1ccc(Sc2nc3ccccc3s2)c(N)c1. The summed E-state index contributed by atoms with van der Waals surface area (Å²) in [4.78, 5) is 5.59. The van der Waals surface area contributed by atoms with E-state index in [1.807, 2.05) is 36.4 Å². The molecule has 2 aromatic carbocycles. The maximum absolute atomic E-state index is 6.02. The Morgan fingerprint density at radius 2 is 2.05 bits per heavy atom. The van der Waals surface area contributed by atoms with Gasteiger partial charge in [0.15, 0.2) is 4.34 Å². The van der Waals surface area contributed by atoms with Crippen LogP contribution in [0.5, 0.6) is 5.75 Å². The summed E-state index contributed by atoms with van der Waals surface area (Å²) < 4.78 is 7.34. The lowest BCUT2D eigenvalue weighted by molar-refractivity contribution is 0.415. The molecule has 5 heteroatoms. The van der Waals surface area contributed by atoms with Crippen LogP contribution in [0.3, 0.4) is 0 Å². The Kier molecular flexibility index (Phi) is 3.31. The van der Waals surface area contributed by atoms with Crippen LogP contribution in [-0.2, 0) is 0 Å². The van der Waals surface area contributed by atoms with Gasteiger partial charge in [-0.3, -0.25) is 0 Å². The summed E-state index contributed by atoms with van der Waals surface area (Å²) in [7, 11) is 1.63. The van der Waals surface area contributed by atoms with Crippen molar-refractivity contribution in [1.29, 1.82) is 0 Å². The lowest BCUT2D eigenvalue weighted by atomic mass is 10.3. The Bertz CT molecular complexity index is 691. The zero-order valence-electron chi connectivity index (χ0n) is 10.3. The molecule has 19 heavy (non-hydrogen) atoms. The molecule has 0 bridgehead atoms. The first kappa shape index (κ1) is 12.3. The Morgan fingerprint density at radius 1 is 1.21 bits per heavy atom. The summed E-state index contributed by atoms with van der Waals surface area (Å²) in [6.45, 7) is 0. The molecule has 1 aromatic heterocycles. The number of fused-ring (bicyclic) bond motifs is 1. The Morgan fingerprint density at radius 3 is 2.79 bits per heavy atom. The first-order valence-electron chi connectivity index (χ1n) is 5.73. The third kappa shape index (κ3) is 2.52. The van der Waals surface area contributed by atoms with Crippen molar-refractivity contribution in [2.24, 2.45) is 0 Å². The van der Waals surface area contributed by atoms with E-state index < -0.39 is 0 Å². The van der Waals surface area contributed by atoms with Crippen LogP contribution < -0.4 is 10.5 Å². The average Bonchev–Trinajstić information content (AvgIpc) is 2.83. The number of nitrogens with zero attached hydrogens (tertiary/aromatic N) is 1. The monoisotopic (exact) mass is 288 g/mol. The van der Waals surface area contributed by atoms with E-state index in [9.17, 15) is 0 Å². The minimum absolute atomic E-state index is 0.712. The summed E-state index contributed by atoms with van der Waals surface area (Å²) in [5.41, 5.74) is 7.76. The number of hydrogen-bond donors (Lipinski definition) is 1. The van der Waals surface area contributed by atoms with Gasteiger partial charge in [0.1, 0.15) is 5.75 Å². The number of thiazole rings is 1. The molecule has 0 amide bonds. The normalized spacial score (nSPS) is 10.8. The van der Waals surface area contributed by atoms with Gasteiger partial charge in [-0.25, -0.2) is 4.98 Å². The molecule has 96 valence electrons. The Hall–Kier alpha value is -1.72. The predicted octanol–water partition coefficient (Wildman–Crippen LogP) is 4.04. The highest BCUT2D eigenvalue weighted by Crippen LogP contribution is 2.37. The van der Waals surface area contributed by atoms with Gasteiger partial charge < -0.3 is 10.5 Å². The standard InChI is InChI=1S/C14H12N2OS2/c1-17-9-6-7-12(10(15)8-9)18-14-16-11-4-2-3-5-13(11)19-14/h2-8H,15H2,1H3. The fourth-order valence-electron chi connectivity index (χ4n) is 1.74. The van der Waals surface area contributed by atoms with Crippen LogP contribution in [-0.4, -0.2) is 12.1 Å². The average molecular weight is 288 g/mol. The number of hydrogen-bond acceptors (Lipinski definition) is 5. The van der Waals surface area contributed by atoms with Crippen molar-refractivity contribution in [3.63, 3.8) is 0 Å². The molecule has 3 aromatic rings. The van der Waals surface area contributed by atoms with E-state index in [1.165, 1.54) is 4.70 Å². The number of anilines is 1. The van der Waals surface area contributed by atoms with Crippen molar-refractivity contribution in [1.82, 2.24) is 4.98 Å². The van der Waals surface area contributed by atoms with Gasteiger partial charge in [0.2, 0.25) is 0 Å². The smallest absolute Gasteiger partial charge is 0.155 e. The first-order valence-corrected chi connectivity index (χ1v) is 7.36. The lowest BCUT2D eigenvalue weighted by Crippen LogP contribution is -1.90. The van der Waals surface area contributed by atoms with Crippen LogP contribution in [0.1, 0.15) is 0 Å². The molecule has 1 heterocycles. The number of nitrogen functional groups attached to an aromatic ring is 1. The maximum atomic E-state index is 6.02. The van der Waals surface area contributed by atoms with E-state index in [4.69, 9.17) is 10.5 Å². The van der Waals surface area contributed by atoms with Gasteiger partial charge in [-0.05, 0) is 24.3 Å². The third-order valence-corrected chi connectivity index (χ3v) is 4.88. The van der Waals surface area contributed by atoms with Crippen molar-refractivity contribution < 1.29 is 4.74 Å². The minimum atomic E-state index is 0.712. The number of nitrogens with two attached hydrogens (primary N) is 1. The van der Waals surface area contributed by atoms with Gasteiger partial charge in [-0.15, -0.1) is 11.3 Å². The molecular weight excluding hydrogens is 276 g/mol. The van der Waals surface area contributed by atoms with E-state index in [0.717, 1.165) is 20.5 Å². The highest BCUT2D eigenvalue weighted by Gasteiger charge is 2.08. The molecule has 0 radical (unpaired) electrons. The molecule has 0 fully saturated rings. The van der Waals surface area contributed by atoms with E-state index in [-0.39, 0.29) is 0 Å². The van der Waals surface area contributed by atoms with E-state index in [2.05, 4.69) is 11.1 Å². The maximum Gasteiger partial charge on any atom is 0.155 e. The molecule has 0 aliphatic carbocycles. The topological polar surface area (TPSA) is 48.1 Å². The van der Waals surface area contributed by atoms with Crippen molar-refractivity contribution in [2.75, 3.05) is 12.8 Å². The highest BCUT2D eigenvalue weighted by atomic mass is 32.2. The number of para-hydroxylation sites is 1. The molecule has 0 spiro atoms. The zero-order chi connectivity index (χ0) is 13.2. The highest BCUT2D eigenvalue weighted by molar-refractivity contribution is 8.01. The molecule has 0 saturated carbocycles. The molecule has 2 N–H and O–H groups in total. The van der Waals surface area contributed by atoms with Gasteiger partial charge in [0, 0.05) is 16.6 Å². The van der Waals surface area contributed by atoms with Gasteiger partial charge in [0.05, 0.1) is 17.3 Å². The van der Waals surface area contributed by atoms with Crippen LogP contribution in [0.4, 0.5) is 5.69 Å². The number of aromatic nitrogens is 1. The quantitative estimate of drug-likeness (QED) is 0.739. The van der Waals surface area contributed by atoms with Crippen molar-refractivity contribution in [3.05, 3.63) is 42.5 Å². The summed E-state index contributed by atoms with van der Waals surface area (Å²) in [6, 6.07) is 13.8. The van der Waals surface area contributed by atoms with Gasteiger partial charge >= 0.3 is 0 Å². The van der Waals surface area contributed by atoms with E-state index >= 15 is 0 Å².